The summed E-state index contributed by atoms with van der Waals surface area (Å²) < 4.78 is 17.8. The third-order valence-electron chi connectivity index (χ3n) is 6.44. The Kier molecular flexibility index (Phi) is 4.75. The molecule has 2 bridgehead atoms. The monoisotopic (exact) mass is 447 g/mol. The molecule has 9 heteroatoms. The first-order chi connectivity index (χ1) is 16.1. The number of aromatic nitrogens is 2. The predicted octanol–water partition coefficient (Wildman–Crippen LogP) is 2.26. The number of aliphatic hydroxyl groups excluding tert-OH is 1. The quantitative estimate of drug-likeness (QED) is 0.631. The maximum Gasteiger partial charge on any atom is 0.412 e. The molecule has 168 valence electrons. The number of aliphatic hydroxyl groups is 1. The highest BCUT2D eigenvalue weighted by Gasteiger charge is 2.51. The lowest BCUT2D eigenvalue weighted by atomic mass is 9.98. The van der Waals surface area contributed by atoms with Gasteiger partial charge < -0.3 is 19.3 Å². The summed E-state index contributed by atoms with van der Waals surface area (Å²) in [4.78, 5) is 28.8. The number of amides is 1. The minimum atomic E-state index is -0.777. The van der Waals surface area contributed by atoms with Crippen LogP contribution in [0.25, 0.3) is 11.1 Å². The van der Waals surface area contributed by atoms with Gasteiger partial charge in [0.15, 0.2) is 6.23 Å². The van der Waals surface area contributed by atoms with Crippen LogP contribution in [-0.4, -0.2) is 52.3 Å². The number of anilines is 1. The average Bonchev–Trinajstić information content (AvgIpc) is 3.45. The normalized spacial score (nSPS) is 25.0. The Bertz CT molecular complexity index is 1250. The Morgan fingerprint density at radius 2 is 1.82 bits per heavy atom. The highest BCUT2D eigenvalue weighted by molar-refractivity contribution is 5.83. The number of benzene rings is 2. The van der Waals surface area contributed by atoms with Crippen LogP contribution in [0.1, 0.15) is 23.3 Å². The van der Waals surface area contributed by atoms with Crippen LogP contribution in [0, 0.1) is 0 Å². The van der Waals surface area contributed by atoms with Gasteiger partial charge in [0.25, 0.3) is 0 Å². The number of nitrogens with zero attached hydrogens (tertiary/aromatic N) is 2. The Morgan fingerprint density at radius 3 is 2.42 bits per heavy atom. The van der Waals surface area contributed by atoms with E-state index in [0.29, 0.717) is 6.61 Å². The van der Waals surface area contributed by atoms with Crippen molar-refractivity contribution in [3.63, 3.8) is 0 Å². The zero-order valence-electron chi connectivity index (χ0n) is 17.5. The van der Waals surface area contributed by atoms with Crippen molar-refractivity contribution in [3.05, 3.63) is 82.4 Å². The highest BCUT2D eigenvalue weighted by Crippen LogP contribution is 2.44. The first-order valence-electron chi connectivity index (χ1n) is 10.8. The van der Waals surface area contributed by atoms with Gasteiger partial charge in [0.05, 0.1) is 6.61 Å². The van der Waals surface area contributed by atoms with Gasteiger partial charge in [-0.15, -0.1) is 0 Å². The molecule has 1 aromatic heterocycles. The molecule has 3 aliphatic rings. The van der Waals surface area contributed by atoms with Gasteiger partial charge in [-0.2, -0.15) is 4.98 Å². The molecular formula is C24H21N3O6. The number of carbonyl (C=O) groups excluding carboxylic acids is 1. The highest BCUT2D eigenvalue weighted by atomic mass is 16.6. The molecule has 2 fully saturated rings. The number of hydrogen-bond donors (Lipinski definition) is 2. The van der Waals surface area contributed by atoms with Crippen molar-refractivity contribution >= 4 is 11.9 Å². The number of fused-ring (bicyclic) bond motifs is 5. The topological polar surface area (TPSA) is 112 Å². The first-order valence-corrected chi connectivity index (χ1v) is 10.8. The molecule has 9 nitrogen and oxygen atoms in total. The maximum atomic E-state index is 12.5. The zero-order chi connectivity index (χ0) is 22.5. The minimum Gasteiger partial charge on any atom is -0.448 e. The van der Waals surface area contributed by atoms with Gasteiger partial charge in [0.1, 0.15) is 30.7 Å². The number of nitrogens with one attached hydrogen (secondary N) is 1. The molecule has 2 aliphatic heterocycles. The van der Waals surface area contributed by atoms with E-state index in [1.165, 1.54) is 16.8 Å². The molecule has 1 amide bonds. The van der Waals surface area contributed by atoms with Gasteiger partial charge in [0, 0.05) is 12.1 Å². The van der Waals surface area contributed by atoms with E-state index in [9.17, 15) is 14.7 Å². The van der Waals surface area contributed by atoms with Gasteiger partial charge in [-0.05, 0) is 28.3 Å². The molecule has 0 saturated carbocycles. The average molecular weight is 447 g/mol. The van der Waals surface area contributed by atoms with Crippen molar-refractivity contribution in [2.45, 2.75) is 30.5 Å². The van der Waals surface area contributed by atoms with Crippen molar-refractivity contribution in [2.24, 2.45) is 0 Å². The van der Waals surface area contributed by atoms with Crippen LogP contribution in [-0.2, 0) is 14.2 Å². The molecule has 4 atom stereocenters. The van der Waals surface area contributed by atoms with Crippen molar-refractivity contribution in [1.29, 1.82) is 0 Å². The van der Waals surface area contributed by atoms with Crippen molar-refractivity contribution < 1.29 is 24.1 Å². The summed E-state index contributed by atoms with van der Waals surface area (Å²) in [6.07, 6.45) is -1.84. The summed E-state index contributed by atoms with van der Waals surface area (Å²) in [5.41, 5.74) is 3.89. The van der Waals surface area contributed by atoms with E-state index in [2.05, 4.69) is 22.4 Å². The molecule has 0 spiro atoms. The molecule has 0 unspecified atom stereocenters. The number of ether oxygens (including phenoxy) is 3. The SMILES string of the molecule is O=C(Nc1ccn([C@@H]2O[C@@H]3CO[C@H]2[C@@H]3O)c(=O)n1)OCC1c2ccccc2-c2ccccc21. The lowest BCUT2D eigenvalue weighted by Gasteiger charge is -2.23. The van der Waals surface area contributed by atoms with Crippen molar-refractivity contribution in [3.8, 4) is 11.1 Å². The molecule has 3 aromatic rings. The third-order valence-corrected chi connectivity index (χ3v) is 6.44. The minimum absolute atomic E-state index is 0.0644. The van der Waals surface area contributed by atoms with Crippen molar-refractivity contribution in [2.75, 3.05) is 18.5 Å². The predicted molar refractivity (Wildman–Crippen MR) is 117 cm³/mol. The molecule has 1 aliphatic carbocycles. The maximum absolute atomic E-state index is 12.5. The first kappa shape index (κ1) is 20.1. The van der Waals surface area contributed by atoms with E-state index >= 15 is 0 Å². The summed E-state index contributed by atoms with van der Waals surface area (Å²) in [5, 5.41) is 12.5. The van der Waals surface area contributed by atoms with Crippen LogP contribution < -0.4 is 11.0 Å². The number of carbonyl (C=O) groups is 1. The molecule has 2 saturated heterocycles. The fourth-order valence-corrected chi connectivity index (χ4v) is 4.88. The Balaban J connectivity index is 1.13. The number of hydrogen-bond acceptors (Lipinski definition) is 7. The lowest BCUT2D eigenvalue weighted by molar-refractivity contribution is -0.128. The van der Waals surface area contributed by atoms with Crippen molar-refractivity contribution in [1.82, 2.24) is 9.55 Å². The van der Waals surface area contributed by atoms with Crippen LogP contribution >= 0.6 is 0 Å². The number of rotatable bonds is 4. The lowest BCUT2D eigenvalue weighted by Crippen LogP contribution is -2.36. The Labute approximate surface area is 188 Å². The van der Waals surface area contributed by atoms with E-state index in [4.69, 9.17) is 14.2 Å². The van der Waals surface area contributed by atoms with Gasteiger partial charge in [-0.3, -0.25) is 9.88 Å². The fraction of sp³-hybridized carbons (Fsp3) is 0.292. The van der Waals surface area contributed by atoms with E-state index in [0.717, 1.165) is 22.3 Å². The summed E-state index contributed by atoms with van der Waals surface area (Å²) in [7, 11) is 0. The van der Waals surface area contributed by atoms with Gasteiger partial charge >= 0.3 is 11.8 Å². The van der Waals surface area contributed by atoms with E-state index in [1.54, 1.807) is 0 Å². The van der Waals surface area contributed by atoms with Crippen LogP contribution in [0.2, 0.25) is 0 Å². The second-order valence-corrected chi connectivity index (χ2v) is 8.31. The smallest absolute Gasteiger partial charge is 0.412 e. The summed E-state index contributed by atoms with van der Waals surface area (Å²) in [5.74, 6) is 0.00331. The van der Waals surface area contributed by atoms with E-state index in [-0.39, 0.29) is 18.3 Å². The van der Waals surface area contributed by atoms with E-state index in [1.807, 2.05) is 36.4 Å². The molecule has 2 aromatic carbocycles. The Hall–Kier alpha value is -3.53. The second-order valence-electron chi connectivity index (χ2n) is 8.31. The van der Waals surface area contributed by atoms with Gasteiger partial charge in [0.2, 0.25) is 0 Å². The van der Waals surface area contributed by atoms with E-state index < -0.39 is 36.3 Å². The van der Waals surface area contributed by atoms with Gasteiger partial charge in [-0.25, -0.2) is 9.59 Å². The second kappa shape index (κ2) is 7.80. The van der Waals surface area contributed by atoms with Crippen LogP contribution in [0.4, 0.5) is 10.6 Å². The van der Waals surface area contributed by atoms with Crippen LogP contribution in [0.3, 0.4) is 0 Å². The summed E-state index contributed by atoms with van der Waals surface area (Å²) >= 11 is 0. The third kappa shape index (κ3) is 3.32. The molecule has 3 heterocycles. The molecule has 33 heavy (non-hydrogen) atoms. The Morgan fingerprint density at radius 1 is 1.12 bits per heavy atom. The molecule has 0 radical (unpaired) electrons. The van der Waals surface area contributed by atoms with Gasteiger partial charge in [-0.1, -0.05) is 48.5 Å². The van der Waals surface area contributed by atoms with Crippen LogP contribution in [0.5, 0.6) is 0 Å². The fourth-order valence-electron chi connectivity index (χ4n) is 4.88. The largest absolute Gasteiger partial charge is 0.448 e. The summed E-state index contributed by atoms with van der Waals surface area (Å²) in [6, 6.07) is 17.6. The molecular weight excluding hydrogens is 426 g/mol. The van der Waals surface area contributed by atoms with Crippen LogP contribution in [0.15, 0.2) is 65.6 Å². The summed E-state index contributed by atoms with van der Waals surface area (Å²) in [6.45, 7) is 0.455. The zero-order valence-corrected chi connectivity index (χ0v) is 17.5. The standard InChI is InChI=1S/C24H21N3O6/c28-20-18-12-31-21(20)22(33-18)27-10-9-19(25-23(27)29)26-24(30)32-11-17-15-7-3-1-5-13(15)14-6-2-4-8-16(14)17/h1-10,17-18,20-22,28H,11-12H2,(H,25,26,29,30)/t18-,20-,21+,22-/m1/s1. The molecule has 6 rings (SSSR count). The molecule has 2 N–H and O–H groups in total.